The van der Waals surface area contributed by atoms with Gasteiger partial charge < -0.3 is 9.84 Å². The maximum atomic E-state index is 11.0. The fourth-order valence-electron chi connectivity index (χ4n) is 1.07. The first-order valence-electron chi connectivity index (χ1n) is 3.98. The minimum absolute atomic E-state index is 0.453. The summed E-state index contributed by atoms with van der Waals surface area (Å²) in [6, 6.07) is 1.59. The molecule has 1 heterocycles. The first-order chi connectivity index (χ1) is 6.20. The van der Waals surface area contributed by atoms with Gasteiger partial charge in [-0.3, -0.25) is 4.68 Å². The van der Waals surface area contributed by atoms with Crippen molar-refractivity contribution in [2.45, 2.75) is 19.6 Å². The van der Waals surface area contributed by atoms with Crippen LogP contribution < -0.4 is 0 Å². The van der Waals surface area contributed by atoms with Gasteiger partial charge in [-0.05, 0) is 13.0 Å². The number of hydrogen-bond donors (Lipinski definition) is 1. The van der Waals surface area contributed by atoms with Crippen LogP contribution in [-0.4, -0.2) is 28.0 Å². The van der Waals surface area contributed by atoms with E-state index in [9.17, 15) is 9.90 Å². The second kappa shape index (κ2) is 4.04. The summed E-state index contributed by atoms with van der Waals surface area (Å²) in [7, 11) is 1.23. The normalized spacial score (nSPS) is 12.5. The number of aromatic nitrogens is 2. The topological polar surface area (TPSA) is 64.3 Å². The number of aliphatic hydroxyl groups is 1. The molecule has 0 saturated heterocycles. The minimum atomic E-state index is -1.24. The van der Waals surface area contributed by atoms with Crippen LogP contribution in [0, 0.1) is 0 Å². The summed E-state index contributed by atoms with van der Waals surface area (Å²) < 4.78 is 5.95. The van der Waals surface area contributed by atoms with Crippen molar-refractivity contribution in [3.63, 3.8) is 0 Å². The molecule has 0 aliphatic carbocycles. The van der Waals surface area contributed by atoms with E-state index in [1.807, 2.05) is 6.92 Å². The van der Waals surface area contributed by atoms with Crippen LogP contribution in [0.3, 0.4) is 0 Å². The number of hydrogen-bond acceptors (Lipinski definition) is 4. The Bertz CT molecular complexity index is 295. The predicted octanol–water partition coefficient (Wildman–Crippen LogP) is 0.109. The lowest BCUT2D eigenvalue weighted by Crippen LogP contribution is -2.17. The fourth-order valence-corrected chi connectivity index (χ4v) is 1.07. The average molecular weight is 184 g/mol. The van der Waals surface area contributed by atoms with Crippen LogP contribution in [0.25, 0.3) is 0 Å². The Kier molecular flexibility index (Phi) is 3.02. The molecule has 1 aromatic heterocycles. The third-order valence-corrected chi connectivity index (χ3v) is 1.75. The number of carbonyl (C=O) groups excluding carboxylic acids is 1. The van der Waals surface area contributed by atoms with Crippen molar-refractivity contribution in [3.05, 3.63) is 18.0 Å². The van der Waals surface area contributed by atoms with E-state index in [-0.39, 0.29) is 0 Å². The molecule has 13 heavy (non-hydrogen) atoms. The van der Waals surface area contributed by atoms with E-state index < -0.39 is 12.1 Å². The van der Waals surface area contributed by atoms with E-state index in [1.165, 1.54) is 13.3 Å². The molecule has 1 unspecified atom stereocenters. The fraction of sp³-hybridized carbons (Fsp3) is 0.500. The molecular weight excluding hydrogens is 172 g/mol. The summed E-state index contributed by atoms with van der Waals surface area (Å²) >= 11 is 0. The Labute approximate surface area is 75.9 Å². The van der Waals surface area contributed by atoms with Crippen molar-refractivity contribution in [3.8, 4) is 0 Å². The second-order valence-corrected chi connectivity index (χ2v) is 2.50. The average Bonchev–Trinajstić information content (AvgIpc) is 2.62. The highest BCUT2D eigenvalue weighted by molar-refractivity contribution is 5.75. The highest BCUT2D eigenvalue weighted by Crippen LogP contribution is 2.13. The Balaban J connectivity index is 2.87. The predicted molar refractivity (Wildman–Crippen MR) is 44.9 cm³/mol. The lowest BCUT2D eigenvalue weighted by atomic mass is 10.2. The van der Waals surface area contributed by atoms with Gasteiger partial charge in [0.25, 0.3) is 0 Å². The molecule has 0 spiro atoms. The van der Waals surface area contributed by atoms with Gasteiger partial charge >= 0.3 is 5.97 Å². The summed E-state index contributed by atoms with van der Waals surface area (Å²) in [5.41, 5.74) is 0.453. The van der Waals surface area contributed by atoms with Crippen LogP contribution in [0.15, 0.2) is 12.3 Å². The van der Waals surface area contributed by atoms with Crippen LogP contribution in [0.2, 0.25) is 0 Å². The molecule has 72 valence electrons. The number of esters is 1. The van der Waals surface area contributed by atoms with E-state index in [2.05, 4.69) is 9.84 Å². The first kappa shape index (κ1) is 9.73. The van der Waals surface area contributed by atoms with Crippen LogP contribution in [0.4, 0.5) is 0 Å². The monoisotopic (exact) mass is 184 g/mol. The molecule has 0 amide bonds. The summed E-state index contributed by atoms with van der Waals surface area (Å²) in [5, 5.41) is 13.4. The van der Waals surface area contributed by atoms with Gasteiger partial charge in [0.1, 0.15) is 0 Å². The number of nitrogens with zero attached hydrogens (tertiary/aromatic N) is 2. The molecule has 1 atom stereocenters. The Morgan fingerprint density at radius 1 is 1.85 bits per heavy atom. The maximum Gasteiger partial charge on any atom is 0.341 e. The number of aryl methyl sites for hydroxylation is 1. The third-order valence-electron chi connectivity index (χ3n) is 1.75. The smallest absolute Gasteiger partial charge is 0.341 e. The number of rotatable bonds is 3. The molecule has 1 aromatic rings. The molecule has 0 aliphatic heterocycles. The quantitative estimate of drug-likeness (QED) is 0.677. The van der Waals surface area contributed by atoms with Crippen LogP contribution in [0.1, 0.15) is 18.7 Å². The molecule has 0 fully saturated rings. The zero-order valence-corrected chi connectivity index (χ0v) is 7.60. The molecule has 1 rings (SSSR count). The lowest BCUT2D eigenvalue weighted by molar-refractivity contribution is -0.151. The Hall–Kier alpha value is -1.36. The van der Waals surface area contributed by atoms with Gasteiger partial charge in [0.05, 0.1) is 12.8 Å². The van der Waals surface area contributed by atoms with E-state index in [0.717, 1.165) is 0 Å². The van der Waals surface area contributed by atoms with Gasteiger partial charge in [0.15, 0.2) is 6.10 Å². The zero-order valence-electron chi connectivity index (χ0n) is 7.60. The molecule has 5 nitrogen and oxygen atoms in total. The molecule has 0 aromatic carbocycles. The van der Waals surface area contributed by atoms with E-state index in [1.54, 1.807) is 10.7 Å². The zero-order chi connectivity index (χ0) is 9.84. The Morgan fingerprint density at radius 3 is 3.08 bits per heavy atom. The van der Waals surface area contributed by atoms with Crippen molar-refractivity contribution >= 4 is 5.97 Å². The van der Waals surface area contributed by atoms with Crippen molar-refractivity contribution in [2.75, 3.05) is 7.11 Å². The van der Waals surface area contributed by atoms with Gasteiger partial charge in [-0.1, -0.05) is 0 Å². The molecule has 0 aliphatic rings. The highest BCUT2D eigenvalue weighted by Gasteiger charge is 2.21. The summed E-state index contributed by atoms with van der Waals surface area (Å²) in [6.07, 6.45) is 0.290. The van der Waals surface area contributed by atoms with E-state index in [4.69, 9.17) is 0 Å². The van der Waals surface area contributed by atoms with Crippen molar-refractivity contribution in [1.29, 1.82) is 0 Å². The van der Waals surface area contributed by atoms with E-state index >= 15 is 0 Å². The summed E-state index contributed by atoms with van der Waals surface area (Å²) in [6.45, 7) is 2.48. The lowest BCUT2D eigenvalue weighted by Gasteiger charge is -2.09. The number of ether oxygens (including phenoxy) is 1. The van der Waals surface area contributed by atoms with Crippen molar-refractivity contribution in [1.82, 2.24) is 9.78 Å². The third kappa shape index (κ3) is 1.86. The second-order valence-electron chi connectivity index (χ2n) is 2.50. The highest BCUT2D eigenvalue weighted by atomic mass is 16.5. The van der Waals surface area contributed by atoms with Gasteiger partial charge in [0.2, 0.25) is 0 Å². The molecule has 1 N–H and O–H groups in total. The number of methoxy groups -OCH3 is 1. The molecule has 0 radical (unpaired) electrons. The van der Waals surface area contributed by atoms with Crippen molar-refractivity contribution in [2.24, 2.45) is 0 Å². The number of carbonyl (C=O) groups is 1. The van der Waals surface area contributed by atoms with Crippen molar-refractivity contribution < 1.29 is 14.6 Å². The minimum Gasteiger partial charge on any atom is -0.467 e. The van der Waals surface area contributed by atoms with Gasteiger partial charge in [-0.15, -0.1) is 0 Å². The van der Waals surface area contributed by atoms with E-state index in [0.29, 0.717) is 12.2 Å². The van der Waals surface area contributed by atoms with Crippen LogP contribution in [-0.2, 0) is 16.1 Å². The first-order valence-corrected chi connectivity index (χ1v) is 3.98. The summed E-state index contributed by atoms with van der Waals surface area (Å²) in [4.78, 5) is 11.0. The SMILES string of the molecule is CCn1nccc1C(O)C(=O)OC. The van der Waals surface area contributed by atoms with Crippen LogP contribution >= 0.6 is 0 Å². The molecule has 0 saturated carbocycles. The molecule has 0 bridgehead atoms. The van der Waals surface area contributed by atoms with Gasteiger partial charge in [-0.25, -0.2) is 4.79 Å². The Morgan fingerprint density at radius 2 is 2.54 bits per heavy atom. The molecule has 5 heteroatoms. The van der Waals surface area contributed by atoms with Crippen LogP contribution in [0.5, 0.6) is 0 Å². The van der Waals surface area contributed by atoms with Gasteiger partial charge in [-0.2, -0.15) is 5.10 Å². The number of aliphatic hydroxyl groups excluding tert-OH is 1. The largest absolute Gasteiger partial charge is 0.467 e. The standard InChI is InChI=1S/C8H12N2O3/c1-3-10-6(4-5-9-10)7(11)8(12)13-2/h4-5,7,11H,3H2,1-2H3. The summed E-state index contributed by atoms with van der Waals surface area (Å²) in [5.74, 6) is -0.671. The maximum absolute atomic E-state index is 11.0. The van der Waals surface area contributed by atoms with Gasteiger partial charge in [0, 0.05) is 12.7 Å². The molecular formula is C8H12N2O3.